The topological polar surface area (TPSA) is 29.1 Å². The molecule has 0 aliphatic carbocycles. The number of carbonyl (C=O) groups excluding carboxylic acids is 1. The van der Waals surface area contributed by atoms with Crippen LogP contribution in [0.25, 0.3) is 0 Å². The molecule has 0 rings (SSSR count). The molecule has 1 atom stereocenters. The summed E-state index contributed by atoms with van der Waals surface area (Å²) in [5, 5.41) is 3.51. The third-order valence-electron chi connectivity index (χ3n) is 2.95. The van der Waals surface area contributed by atoms with E-state index < -0.39 is 0 Å². The molecule has 1 N–H and O–H groups in total. The molecule has 0 aromatic carbocycles. The maximum atomic E-state index is 11.8. The number of rotatable bonds is 12. The summed E-state index contributed by atoms with van der Waals surface area (Å²) in [7, 11) is 0. The Morgan fingerprint density at radius 2 is 1.67 bits per heavy atom. The summed E-state index contributed by atoms with van der Waals surface area (Å²) in [6.07, 6.45) is 10.1. The first-order chi connectivity index (χ1) is 8.74. The van der Waals surface area contributed by atoms with Crippen LogP contribution in [0, 0.1) is 0 Å². The van der Waals surface area contributed by atoms with Crippen LogP contribution in [-0.2, 0) is 4.79 Å². The minimum Gasteiger partial charge on any atom is -0.344 e. The molecule has 0 aliphatic rings. The second-order valence-corrected chi connectivity index (χ2v) is 6.19. The number of carbonyl (C=O) groups is 1. The summed E-state index contributed by atoms with van der Waals surface area (Å²) >= 11 is 1.92. The second kappa shape index (κ2) is 13.3. The standard InChI is InChI=1S/C15H31NOS/c1-4-7-9-12-14(17)16-15(11-6-3)18-13-10-8-5-2/h15H,4-13H2,1-3H3,(H,16,17). The molecular weight excluding hydrogens is 242 g/mol. The largest absolute Gasteiger partial charge is 0.344 e. The number of hydrogen-bond acceptors (Lipinski definition) is 2. The van der Waals surface area contributed by atoms with Gasteiger partial charge in [0.2, 0.25) is 5.91 Å². The SMILES string of the molecule is CCCCCSC(CCC)NC(=O)CCCCC. The zero-order chi connectivity index (χ0) is 13.6. The number of amides is 1. The Bertz CT molecular complexity index is 197. The van der Waals surface area contributed by atoms with Crippen molar-refractivity contribution in [1.82, 2.24) is 5.32 Å². The molecule has 18 heavy (non-hydrogen) atoms. The highest BCUT2D eigenvalue weighted by atomic mass is 32.2. The van der Waals surface area contributed by atoms with Crippen molar-refractivity contribution in [2.24, 2.45) is 0 Å². The van der Waals surface area contributed by atoms with Gasteiger partial charge in [0.15, 0.2) is 0 Å². The van der Waals surface area contributed by atoms with E-state index in [0.717, 1.165) is 25.7 Å². The van der Waals surface area contributed by atoms with Crippen LogP contribution < -0.4 is 5.32 Å². The van der Waals surface area contributed by atoms with Gasteiger partial charge in [-0.1, -0.05) is 52.9 Å². The van der Waals surface area contributed by atoms with E-state index in [0.29, 0.717) is 11.8 Å². The molecule has 0 aromatic heterocycles. The Morgan fingerprint density at radius 3 is 2.28 bits per heavy atom. The molecule has 1 unspecified atom stereocenters. The Kier molecular flexibility index (Phi) is 13.1. The zero-order valence-electron chi connectivity index (χ0n) is 12.5. The van der Waals surface area contributed by atoms with Crippen LogP contribution in [0.15, 0.2) is 0 Å². The van der Waals surface area contributed by atoms with Crippen molar-refractivity contribution in [1.29, 1.82) is 0 Å². The highest BCUT2D eigenvalue weighted by molar-refractivity contribution is 7.99. The van der Waals surface area contributed by atoms with Crippen LogP contribution in [0.3, 0.4) is 0 Å². The lowest BCUT2D eigenvalue weighted by molar-refractivity contribution is -0.121. The summed E-state index contributed by atoms with van der Waals surface area (Å²) in [6.45, 7) is 6.58. The fourth-order valence-electron chi connectivity index (χ4n) is 1.82. The average Bonchev–Trinajstić information content (AvgIpc) is 2.35. The Morgan fingerprint density at radius 1 is 1.00 bits per heavy atom. The molecule has 0 saturated heterocycles. The van der Waals surface area contributed by atoms with Crippen LogP contribution in [-0.4, -0.2) is 17.0 Å². The van der Waals surface area contributed by atoms with Crippen molar-refractivity contribution < 1.29 is 4.79 Å². The summed E-state index contributed by atoms with van der Waals surface area (Å²) in [6, 6.07) is 0. The first kappa shape index (κ1) is 17.8. The highest BCUT2D eigenvalue weighted by Crippen LogP contribution is 2.16. The predicted molar refractivity (Wildman–Crippen MR) is 83.0 cm³/mol. The lowest BCUT2D eigenvalue weighted by Crippen LogP contribution is -2.32. The van der Waals surface area contributed by atoms with E-state index in [9.17, 15) is 4.79 Å². The van der Waals surface area contributed by atoms with E-state index in [4.69, 9.17) is 0 Å². The lowest BCUT2D eigenvalue weighted by Gasteiger charge is -2.17. The molecule has 0 heterocycles. The maximum absolute atomic E-state index is 11.8. The first-order valence-electron chi connectivity index (χ1n) is 7.65. The monoisotopic (exact) mass is 273 g/mol. The smallest absolute Gasteiger partial charge is 0.220 e. The normalized spacial score (nSPS) is 12.4. The van der Waals surface area contributed by atoms with Crippen LogP contribution in [0.1, 0.15) is 78.6 Å². The molecule has 0 bridgehead atoms. The van der Waals surface area contributed by atoms with E-state index in [1.165, 1.54) is 31.4 Å². The summed E-state index contributed by atoms with van der Waals surface area (Å²) in [5.74, 6) is 1.41. The van der Waals surface area contributed by atoms with E-state index in [1.807, 2.05) is 11.8 Å². The summed E-state index contributed by atoms with van der Waals surface area (Å²) < 4.78 is 0. The number of nitrogens with one attached hydrogen (secondary N) is 1. The van der Waals surface area contributed by atoms with Crippen molar-refractivity contribution in [3.05, 3.63) is 0 Å². The van der Waals surface area contributed by atoms with Gasteiger partial charge in [-0.25, -0.2) is 0 Å². The number of hydrogen-bond donors (Lipinski definition) is 1. The minimum atomic E-state index is 0.241. The highest BCUT2D eigenvalue weighted by Gasteiger charge is 2.11. The Hall–Kier alpha value is -0.180. The van der Waals surface area contributed by atoms with Crippen molar-refractivity contribution in [3.63, 3.8) is 0 Å². The van der Waals surface area contributed by atoms with Gasteiger partial charge >= 0.3 is 0 Å². The lowest BCUT2D eigenvalue weighted by atomic mass is 10.2. The molecule has 0 spiro atoms. The molecule has 1 amide bonds. The molecule has 3 heteroatoms. The third kappa shape index (κ3) is 10.9. The van der Waals surface area contributed by atoms with Crippen LogP contribution >= 0.6 is 11.8 Å². The van der Waals surface area contributed by atoms with E-state index >= 15 is 0 Å². The van der Waals surface area contributed by atoms with Gasteiger partial charge in [0.25, 0.3) is 0 Å². The molecule has 0 aromatic rings. The van der Waals surface area contributed by atoms with E-state index in [2.05, 4.69) is 26.1 Å². The summed E-state index contributed by atoms with van der Waals surface area (Å²) in [5.41, 5.74) is 0. The van der Waals surface area contributed by atoms with Gasteiger partial charge in [0.1, 0.15) is 0 Å². The number of thioether (sulfide) groups is 1. The van der Waals surface area contributed by atoms with Gasteiger partial charge in [-0.05, 0) is 25.0 Å². The predicted octanol–water partition coefficient (Wildman–Crippen LogP) is 4.73. The van der Waals surface area contributed by atoms with Gasteiger partial charge in [0.05, 0.1) is 5.37 Å². The van der Waals surface area contributed by atoms with Gasteiger partial charge in [-0.3, -0.25) is 4.79 Å². The second-order valence-electron chi connectivity index (χ2n) is 4.88. The van der Waals surface area contributed by atoms with Gasteiger partial charge in [-0.2, -0.15) is 0 Å². The minimum absolute atomic E-state index is 0.241. The number of unbranched alkanes of at least 4 members (excludes halogenated alkanes) is 4. The van der Waals surface area contributed by atoms with Gasteiger partial charge < -0.3 is 5.32 Å². The maximum Gasteiger partial charge on any atom is 0.220 e. The summed E-state index contributed by atoms with van der Waals surface area (Å²) in [4.78, 5) is 11.8. The Balaban J connectivity index is 3.75. The van der Waals surface area contributed by atoms with Gasteiger partial charge in [-0.15, -0.1) is 11.8 Å². The average molecular weight is 273 g/mol. The van der Waals surface area contributed by atoms with Crippen LogP contribution in [0.4, 0.5) is 0 Å². The van der Waals surface area contributed by atoms with Crippen molar-refractivity contribution in [2.75, 3.05) is 5.75 Å². The van der Waals surface area contributed by atoms with Crippen molar-refractivity contribution in [2.45, 2.75) is 83.9 Å². The molecule has 0 radical (unpaired) electrons. The van der Waals surface area contributed by atoms with E-state index in [-0.39, 0.29) is 5.91 Å². The van der Waals surface area contributed by atoms with Crippen LogP contribution in [0.2, 0.25) is 0 Å². The molecule has 0 fully saturated rings. The molecule has 108 valence electrons. The van der Waals surface area contributed by atoms with Crippen molar-refractivity contribution >= 4 is 17.7 Å². The molecule has 2 nitrogen and oxygen atoms in total. The molecular formula is C15H31NOS. The quantitative estimate of drug-likeness (QED) is 0.411. The van der Waals surface area contributed by atoms with Crippen molar-refractivity contribution in [3.8, 4) is 0 Å². The molecule has 0 aliphatic heterocycles. The fourth-order valence-corrected chi connectivity index (χ4v) is 3.10. The first-order valence-corrected chi connectivity index (χ1v) is 8.70. The Labute approximate surface area is 118 Å². The molecule has 0 saturated carbocycles. The van der Waals surface area contributed by atoms with Crippen LogP contribution in [0.5, 0.6) is 0 Å². The third-order valence-corrected chi connectivity index (χ3v) is 4.23. The zero-order valence-corrected chi connectivity index (χ0v) is 13.3. The van der Waals surface area contributed by atoms with Gasteiger partial charge in [0, 0.05) is 6.42 Å². The van der Waals surface area contributed by atoms with E-state index in [1.54, 1.807) is 0 Å². The fraction of sp³-hybridized carbons (Fsp3) is 0.933.